The highest BCUT2D eigenvalue weighted by Gasteiger charge is 2.40. The van der Waals surface area contributed by atoms with E-state index in [2.05, 4.69) is 30.3 Å². The molecule has 2 unspecified atom stereocenters. The maximum atomic E-state index is 12.8. The van der Waals surface area contributed by atoms with Gasteiger partial charge in [-0.25, -0.2) is 9.97 Å². The molecule has 0 aliphatic carbocycles. The van der Waals surface area contributed by atoms with Crippen LogP contribution in [0.15, 0.2) is 30.5 Å². The first kappa shape index (κ1) is 35.3. The van der Waals surface area contributed by atoms with Gasteiger partial charge >= 0.3 is 0 Å². The van der Waals surface area contributed by atoms with Crippen LogP contribution >= 0.6 is 11.5 Å². The average molecular weight is 708 g/mol. The molecule has 5 heterocycles. The number of anilines is 3. The van der Waals surface area contributed by atoms with Crippen LogP contribution in [-0.4, -0.2) is 91.2 Å². The van der Waals surface area contributed by atoms with Crippen LogP contribution < -0.4 is 26.6 Å². The smallest absolute Gasteiger partial charge is 0.271 e. The predicted octanol–water partition coefficient (Wildman–Crippen LogP) is 1.14. The number of piperidine rings is 2. The molecule has 3 aromatic rings. The Labute approximate surface area is 292 Å². The third-order valence-electron chi connectivity index (χ3n) is 9.09. The van der Waals surface area contributed by atoms with E-state index in [1.54, 1.807) is 9.80 Å². The number of aliphatic hydroxyl groups excluding tert-OH is 1. The molecule has 6 rings (SSSR count). The zero-order valence-corrected chi connectivity index (χ0v) is 28.5. The van der Waals surface area contributed by atoms with Crippen LogP contribution in [0.25, 0.3) is 0 Å². The topological polar surface area (TPSA) is 225 Å². The lowest BCUT2D eigenvalue weighted by atomic mass is 9.99. The van der Waals surface area contributed by atoms with Gasteiger partial charge < -0.3 is 36.2 Å². The van der Waals surface area contributed by atoms with Crippen molar-refractivity contribution in [1.82, 2.24) is 29.9 Å². The van der Waals surface area contributed by atoms with Gasteiger partial charge in [0.15, 0.2) is 17.2 Å². The van der Waals surface area contributed by atoms with Gasteiger partial charge in [-0.3, -0.25) is 29.4 Å². The molecular formula is C33H41N9O7S. The number of β-amino-alcohol motifs (C(OH)–C–C–N with tert-alkyl or cyclic N) is 1. The summed E-state index contributed by atoms with van der Waals surface area (Å²) in [5.74, 6) is -1.17. The molecule has 0 bridgehead atoms. The first-order valence-electron chi connectivity index (χ1n) is 16.6. The van der Waals surface area contributed by atoms with E-state index in [-0.39, 0.29) is 55.2 Å². The molecular weight excluding hydrogens is 666 g/mol. The van der Waals surface area contributed by atoms with E-state index in [0.29, 0.717) is 62.6 Å². The van der Waals surface area contributed by atoms with Crippen molar-refractivity contribution < 1.29 is 34.1 Å². The molecule has 7 N–H and O–H groups in total. The molecule has 0 spiro atoms. The summed E-state index contributed by atoms with van der Waals surface area (Å²) in [6, 6.07) is 6.98. The Kier molecular flexibility index (Phi) is 10.7. The van der Waals surface area contributed by atoms with Gasteiger partial charge in [-0.2, -0.15) is 4.37 Å². The van der Waals surface area contributed by atoms with E-state index in [1.165, 1.54) is 17.7 Å². The number of carbonyl (C=O) groups is 4. The van der Waals surface area contributed by atoms with Gasteiger partial charge in [-0.1, -0.05) is 18.2 Å². The Bertz CT molecular complexity index is 1770. The highest BCUT2D eigenvalue weighted by molar-refractivity contribution is 7.10. The average Bonchev–Trinajstić information content (AvgIpc) is 3.64. The first-order chi connectivity index (χ1) is 24.0. The summed E-state index contributed by atoms with van der Waals surface area (Å²) in [5.41, 5.74) is 7.60. The minimum atomic E-state index is -1.50. The number of amides is 4. The lowest BCUT2D eigenvalue weighted by molar-refractivity contribution is -0.142. The second-order valence-corrected chi connectivity index (χ2v) is 13.6. The fraction of sp³-hybridized carbons (Fsp3) is 0.485. The standard InChI is InChI=1S/C33H41N9O7S/c1-19-15-27(50-40-19)38-30-28(29(34)45)35-16-24(36-30)41-12-4-11-33(48,18-41)39-26(44)10-14-49-13-3-6-20-5-2-7-21-22(20)17-42(32(21)47)23-8-9-25(43)37-31(23)46/h2,5,7,15-16,23,32,47-48H,3-4,6,8-14,17-18H2,1H3,(H2,34,45)(H,36,38)(H,39,44)(H,37,43,46)/t23?,32?,33-/m0/s1. The van der Waals surface area contributed by atoms with Gasteiger partial charge in [0.25, 0.3) is 5.91 Å². The van der Waals surface area contributed by atoms with Crippen molar-refractivity contribution in [3.63, 3.8) is 0 Å². The summed E-state index contributed by atoms with van der Waals surface area (Å²) >= 11 is 1.21. The largest absolute Gasteiger partial charge is 0.381 e. The SMILES string of the molecule is Cc1cc(Nc2nc(N3CCC[C@@](O)(NC(=O)CCOCCCc4cccc5c4CN(C4CCC(=O)NC4=O)C5O)C3)cnc2C(N)=O)sn1. The van der Waals surface area contributed by atoms with Gasteiger partial charge in [0.2, 0.25) is 17.7 Å². The molecule has 2 fully saturated rings. The molecule has 266 valence electrons. The quantitative estimate of drug-likeness (QED) is 0.0834. The number of imide groups is 1. The first-order valence-corrected chi connectivity index (χ1v) is 17.4. The van der Waals surface area contributed by atoms with Crippen LogP contribution in [0.3, 0.4) is 0 Å². The number of hydrogen-bond acceptors (Lipinski definition) is 14. The van der Waals surface area contributed by atoms with Gasteiger partial charge in [-0.05, 0) is 67.8 Å². The highest BCUT2D eigenvalue weighted by Crippen LogP contribution is 2.37. The molecule has 0 saturated carbocycles. The number of nitrogens with two attached hydrogens (primary N) is 1. The van der Waals surface area contributed by atoms with Crippen LogP contribution in [0, 0.1) is 6.92 Å². The Balaban J connectivity index is 0.958. The van der Waals surface area contributed by atoms with E-state index in [9.17, 15) is 29.4 Å². The number of carbonyl (C=O) groups excluding carboxylic acids is 4. The number of benzene rings is 1. The fourth-order valence-corrected chi connectivity index (χ4v) is 7.34. The van der Waals surface area contributed by atoms with Gasteiger partial charge in [-0.15, -0.1) is 0 Å². The fourth-order valence-electron chi connectivity index (χ4n) is 6.68. The minimum absolute atomic E-state index is 0.0247. The van der Waals surface area contributed by atoms with Gasteiger partial charge in [0.1, 0.15) is 17.0 Å². The lowest BCUT2D eigenvalue weighted by Gasteiger charge is -2.40. The summed E-state index contributed by atoms with van der Waals surface area (Å²) in [7, 11) is 0. The summed E-state index contributed by atoms with van der Waals surface area (Å²) < 4.78 is 9.97. The highest BCUT2D eigenvalue weighted by atomic mass is 32.1. The normalized spacial score (nSPS) is 22.3. The second kappa shape index (κ2) is 15.1. The number of primary amides is 1. The Morgan fingerprint density at radius 3 is 2.86 bits per heavy atom. The van der Waals surface area contributed by atoms with Crippen molar-refractivity contribution in [1.29, 1.82) is 0 Å². The number of nitrogens with zero attached hydrogens (tertiary/aromatic N) is 5. The third-order valence-corrected chi connectivity index (χ3v) is 9.89. The molecule has 0 radical (unpaired) electrons. The lowest BCUT2D eigenvalue weighted by Crippen LogP contribution is -2.59. The van der Waals surface area contributed by atoms with E-state index in [4.69, 9.17) is 10.5 Å². The van der Waals surface area contributed by atoms with Crippen molar-refractivity contribution in [2.24, 2.45) is 5.73 Å². The molecule has 2 aromatic heterocycles. The van der Waals surface area contributed by atoms with Crippen LogP contribution in [0.4, 0.5) is 16.6 Å². The molecule has 2 saturated heterocycles. The summed E-state index contributed by atoms with van der Waals surface area (Å²) in [6.45, 7) is 3.47. The van der Waals surface area contributed by atoms with Crippen LogP contribution in [-0.2, 0) is 32.1 Å². The van der Waals surface area contributed by atoms with Crippen molar-refractivity contribution in [2.75, 3.05) is 36.5 Å². The van der Waals surface area contributed by atoms with E-state index in [0.717, 1.165) is 22.4 Å². The summed E-state index contributed by atoms with van der Waals surface area (Å²) in [5, 5.41) is 31.1. The zero-order valence-electron chi connectivity index (χ0n) is 27.7. The summed E-state index contributed by atoms with van der Waals surface area (Å²) in [6.07, 6.45) is 3.48. The van der Waals surface area contributed by atoms with E-state index in [1.807, 2.05) is 31.2 Å². The number of aliphatic hydroxyl groups is 2. The molecule has 3 atom stereocenters. The van der Waals surface area contributed by atoms with Gasteiger partial charge in [0, 0.05) is 31.7 Å². The molecule has 3 aliphatic rings. The number of rotatable bonds is 13. The maximum Gasteiger partial charge on any atom is 0.271 e. The number of nitrogens with one attached hydrogen (secondary N) is 3. The van der Waals surface area contributed by atoms with Crippen LogP contribution in [0.1, 0.15) is 77.6 Å². The zero-order chi connectivity index (χ0) is 35.4. The van der Waals surface area contributed by atoms with Gasteiger partial charge in [0.05, 0.1) is 37.5 Å². The molecule has 16 nitrogen and oxygen atoms in total. The number of hydrogen-bond donors (Lipinski definition) is 6. The van der Waals surface area contributed by atoms with Crippen molar-refractivity contribution in [3.8, 4) is 0 Å². The minimum Gasteiger partial charge on any atom is -0.381 e. The van der Waals surface area contributed by atoms with Crippen molar-refractivity contribution in [2.45, 2.75) is 76.4 Å². The third kappa shape index (κ3) is 8.08. The predicted molar refractivity (Wildman–Crippen MR) is 182 cm³/mol. The Morgan fingerprint density at radius 2 is 2.10 bits per heavy atom. The van der Waals surface area contributed by atoms with E-state index >= 15 is 0 Å². The number of aryl methyl sites for hydroxylation is 2. The summed E-state index contributed by atoms with van der Waals surface area (Å²) in [4.78, 5) is 61.1. The molecule has 1 aromatic carbocycles. The van der Waals surface area contributed by atoms with Crippen molar-refractivity contribution in [3.05, 3.63) is 58.5 Å². The Hall–Kier alpha value is -4.55. The molecule has 50 heavy (non-hydrogen) atoms. The monoisotopic (exact) mass is 707 g/mol. The van der Waals surface area contributed by atoms with Crippen LogP contribution in [0.2, 0.25) is 0 Å². The number of ether oxygens (including phenoxy) is 1. The Morgan fingerprint density at radius 1 is 1.26 bits per heavy atom. The second-order valence-electron chi connectivity index (χ2n) is 12.8. The molecule has 17 heteroatoms. The number of aromatic nitrogens is 3. The number of fused-ring (bicyclic) bond motifs is 1. The molecule has 3 aliphatic heterocycles. The van der Waals surface area contributed by atoms with Crippen LogP contribution in [0.5, 0.6) is 0 Å². The maximum absolute atomic E-state index is 12.8. The molecule has 4 amide bonds. The van der Waals surface area contributed by atoms with E-state index < -0.39 is 23.9 Å². The van der Waals surface area contributed by atoms with Crippen molar-refractivity contribution >= 4 is 51.8 Å².